The maximum atomic E-state index is 5.96. The quantitative estimate of drug-likeness (QED) is 0.629. The van der Waals surface area contributed by atoms with Crippen LogP contribution < -0.4 is 0 Å². The van der Waals surface area contributed by atoms with Gasteiger partial charge in [-0.25, -0.2) is 0 Å². The Labute approximate surface area is 161 Å². The second-order valence-corrected chi connectivity index (χ2v) is 8.22. The summed E-state index contributed by atoms with van der Waals surface area (Å²) in [6.07, 6.45) is 3.73. The van der Waals surface area contributed by atoms with E-state index >= 15 is 0 Å². The molecule has 2 saturated heterocycles. The molecule has 3 heteroatoms. The Bertz CT molecular complexity index is 915. The molecule has 27 heavy (non-hydrogen) atoms. The molecule has 0 amide bonds. The molecular weight excluding hydrogens is 332 g/mol. The van der Waals surface area contributed by atoms with Crippen molar-refractivity contribution in [3.05, 3.63) is 77.6 Å². The molecule has 0 saturated carbocycles. The Balaban J connectivity index is 1.54. The number of likely N-dealkylation sites (N-methyl/N-ethyl adjacent to an activating group) is 1. The van der Waals surface area contributed by atoms with Gasteiger partial charge in [0.15, 0.2) is 0 Å². The maximum absolute atomic E-state index is 5.96. The van der Waals surface area contributed by atoms with E-state index in [0.29, 0.717) is 23.9 Å². The molecule has 1 aromatic heterocycles. The van der Waals surface area contributed by atoms with Crippen LogP contribution in [0.1, 0.15) is 48.0 Å². The summed E-state index contributed by atoms with van der Waals surface area (Å²) in [5, 5.41) is 4.42. The molecule has 0 spiro atoms. The van der Waals surface area contributed by atoms with Gasteiger partial charge in [0.2, 0.25) is 0 Å². The van der Waals surface area contributed by atoms with E-state index in [0.717, 1.165) is 17.0 Å². The van der Waals surface area contributed by atoms with Crippen LogP contribution in [0.3, 0.4) is 0 Å². The number of benzene rings is 2. The molecular formula is C24H26N2O. The molecule has 2 bridgehead atoms. The average molecular weight is 358 g/mol. The molecule has 3 unspecified atom stereocenters. The van der Waals surface area contributed by atoms with E-state index in [1.807, 2.05) is 6.07 Å². The lowest BCUT2D eigenvalue weighted by Crippen LogP contribution is -2.44. The lowest BCUT2D eigenvalue weighted by Gasteiger charge is -2.42. The minimum Gasteiger partial charge on any atom is -0.360 e. The molecule has 138 valence electrons. The Morgan fingerprint density at radius 1 is 1.00 bits per heavy atom. The van der Waals surface area contributed by atoms with E-state index in [-0.39, 0.29) is 0 Å². The molecule has 0 N–H and O–H groups in total. The SMILES string of the molecule is Cc1ccc([C@H]2CC3CCC(C2c2cc(-c4ccccc4)no2)N3C)cc1. The van der Waals surface area contributed by atoms with Crippen molar-refractivity contribution in [2.45, 2.75) is 50.1 Å². The van der Waals surface area contributed by atoms with E-state index < -0.39 is 0 Å². The first-order valence-corrected chi connectivity index (χ1v) is 10.0. The zero-order valence-electron chi connectivity index (χ0n) is 16.0. The van der Waals surface area contributed by atoms with E-state index in [4.69, 9.17) is 4.52 Å². The first-order valence-electron chi connectivity index (χ1n) is 10.0. The molecule has 3 nitrogen and oxygen atoms in total. The number of piperidine rings is 1. The van der Waals surface area contributed by atoms with E-state index in [1.54, 1.807) is 0 Å². The van der Waals surface area contributed by atoms with Crippen LogP contribution in [0.2, 0.25) is 0 Å². The summed E-state index contributed by atoms with van der Waals surface area (Å²) in [6.45, 7) is 2.15. The Morgan fingerprint density at radius 2 is 1.78 bits per heavy atom. The predicted molar refractivity (Wildman–Crippen MR) is 108 cm³/mol. The van der Waals surface area contributed by atoms with Gasteiger partial charge >= 0.3 is 0 Å². The van der Waals surface area contributed by atoms with Gasteiger partial charge in [-0.15, -0.1) is 0 Å². The number of fused-ring (bicyclic) bond motifs is 2. The molecule has 0 radical (unpaired) electrons. The minimum absolute atomic E-state index is 0.362. The summed E-state index contributed by atoms with van der Waals surface area (Å²) >= 11 is 0. The number of hydrogen-bond donors (Lipinski definition) is 0. The summed E-state index contributed by atoms with van der Waals surface area (Å²) in [6, 6.07) is 22.8. The van der Waals surface area contributed by atoms with Gasteiger partial charge in [0, 0.05) is 29.6 Å². The van der Waals surface area contributed by atoms with Crippen LogP contribution in [0.25, 0.3) is 11.3 Å². The van der Waals surface area contributed by atoms with Crippen molar-refractivity contribution < 1.29 is 4.52 Å². The van der Waals surface area contributed by atoms with Crippen molar-refractivity contribution in [2.24, 2.45) is 0 Å². The lowest BCUT2D eigenvalue weighted by molar-refractivity contribution is 0.122. The number of nitrogens with zero attached hydrogens (tertiary/aromatic N) is 2. The monoisotopic (exact) mass is 358 g/mol. The Hall–Kier alpha value is -2.39. The van der Waals surface area contributed by atoms with Gasteiger partial charge in [-0.2, -0.15) is 0 Å². The fourth-order valence-electron chi connectivity index (χ4n) is 5.20. The first kappa shape index (κ1) is 16.8. The predicted octanol–water partition coefficient (Wildman–Crippen LogP) is 5.38. The molecule has 2 aromatic carbocycles. The van der Waals surface area contributed by atoms with Gasteiger partial charge in [0.05, 0.1) is 0 Å². The van der Waals surface area contributed by atoms with Crippen molar-refractivity contribution in [2.75, 3.05) is 7.05 Å². The molecule has 2 fully saturated rings. The highest BCUT2D eigenvalue weighted by molar-refractivity contribution is 5.58. The Morgan fingerprint density at radius 3 is 2.56 bits per heavy atom. The number of hydrogen-bond acceptors (Lipinski definition) is 3. The summed E-state index contributed by atoms with van der Waals surface area (Å²) in [5.41, 5.74) is 4.81. The topological polar surface area (TPSA) is 29.3 Å². The highest BCUT2D eigenvalue weighted by Gasteiger charge is 2.48. The molecule has 5 rings (SSSR count). The highest BCUT2D eigenvalue weighted by atomic mass is 16.5. The second kappa shape index (κ2) is 6.65. The highest BCUT2D eigenvalue weighted by Crippen LogP contribution is 2.51. The average Bonchev–Trinajstić information content (AvgIpc) is 3.26. The van der Waals surface area contributed by atoms with E-state index in [9.17, 15) is 0 Å². The molecule has 3 heterocycles. The van der Waals surface area contributed by atoms with Crippen molar-refractivity contribution in [3.8, 4) is 11.3 Å². The molecule has 4 atom stereocenters. The van der Waals surface area contributed by atoms with Crippen molar-refractivity contribution in [1.29, 1.82) is 0 Å². The van der Waals surface area contributed by atoms with Crippen LogP contribution in [0.5, 0.6) is 0 Å². The van der Waals surface area contributed by atoms with Gasteiger partial charge in [-0.1, -0.05) is 65.3 Å². The van der Waals surface area contributed by atoms with E-state index in [1.165, 1.54) is 30.4 Å². The molecule has 2 aliphatic heterocycles. The Kier molecular flexibility index (Phi) is 4.13. The van der Waals surface area contributed by atoms with Crippen molar-refractivity contribution in [1.82, 2.24) is 10.1 Å². The third kappa shape index (κ3) is 2.90. The molecule has 0 aliphatic carbocycles. The lowest BCUT2D eigenvalue weighted by atomic mass is 9.74. The molecule has 2 aliphatic rings. The fourth-order valence-corrected chi connectivity index (χ4v) is 5.20. The van der Waals surface area contributed by atoms with E-state index in [2.05, 4.69) is 78.6 Å². The van der Waals surface area contributed by atoms with Crippen molar-refractivity contribution in [3.63, 3.8) is 0 Å². The standard InChI is InChI=1S/C24H26N2O/c1-16-8-10-17(11-9-16)20-14-19-12-13-22(26(19)2)24(20)23-15-21(25-27-23)18-6-4-3-5-7-18/h3-11,15,19-20,22,24H,12-14H2,1-2H3/t19?,20-,22?,24?/m1/s1. The second-order valence-electron chi connectivity index (χ2n) is 8.22. The zero-order valence-corrected chi connectivity index (χ0v) is 16.0. The van der Waals surface area contributed by atoms with Crippen LogP contribution in [-0.2, 0) is 0 Å². The van der Waals surface area contributed by atoms with Gasteiger partial charge in [-0.05, 0) is 44.7 Å². The summed E-state index contributed by atoms with van der Waals surface area (Å²) in [4.78, 5) is 2.58. The van der Waals surface area contributed by atoms with Gasteiger partial charge in [0.25, 0.3) is 0 Å². The number of aromatic nitrogens is 1. The summed E-state index contributed by atoms with van der Waals surface area (Å²) in [5.74, 6) is 1.90. The van der Waals surface area contributed by atoms with Gasteiger partial charge in [-0.3, -0.25) is 4.90 Å². The van der Waals surface area contributed by atoms with Crippen LogP contribution in [0, 0.1) is 6.92 Å². The normalized spacial score (nSPS) is 27.8. The summed E-state index contributed by atoms with van der Waals surface area (Å²) in [7, 11) is 2.29. The third-order valence-electron chi connectivity index (χ3n) is 6.70. The van der Waals surface area contributed by atoms with Crippen LogP contribution >= 0.6 is 0 Å². The van der Waals surface area contributed by atoms with Crippen LogP contribution in [0.4, 0.5) is 0 Å². The number of rotatable bonds is 3. The zero-order chi connectivity index (χ0) is 18.4. The maximum Gasteiger partial charge on any atom is 0.142 e. The van der Waals surface area contributed by atoms with Gasteiger partial charge < -0.3 is 4.52 Å². The fraction of sp³-hybridized carbons (Fsp3) is 0.375. The largest absolute Gasteiger partial charge is 0.360 e. The van der Waals surface area contributed by atoms with Crippen LogP contribution in [0.15, 0.2) is 65.2 Å². The summed E-state index contributed by atoms with van der Waals surface area (Å²) < 4.78 is 5.96. The minimum atomic E-state index is 0.362. The smallest absolute Gasteiger partial charge is 0.142 e. The molecule has 3 aromatic rings. The van der Waals surface area contributed by atoms with Crippen molar-refractivity contribution >= 4 is 0 Å². The first-order chi connectivity index (χ1) is 13.2. The van der Waals surface area contributed by atoms with Gasteiger partial charge in [0.1, 0.15) is 11.5 Å². The van der Waals surface area contributed by atoms with Crippen LogP contribution in [-0.4, -0.2) is 29.2 Å². The third-order valence-corrected chi connectivity index (χ3v) is 6.70. The number of aryl methyl sites for hydroxylation is 1.